The SMILES string of the molecule is COc1ccc(NS(=O)(=O)C(C)CO)cc1C. The molecular formula is C11H17NO4S. The van der Waals surface area contributed by atoms with Gasteiger partial charge in [0, 0.05) is 5.69 Å². The van der Waals surface area contributed by atoms with Crippen LogP contribution in [0.25, 0.3) is 0 Å². The summed E-state index contributed by atoms with van der Waals surface area (Å²) < 4.78 is 30.9. The predicted octanol–water partition coefficient (Wildman–Crippen LogP) is 1.13. The van der Waals surface area contributed by atoms with E-state index >= 15 is 0 Å². The van der Waals surface area contributed by atoms with Gasteiger partial charge in [0.15, 0.2) is 0 Å². The number of aryl methyl sites for hydroxylation is 1. The van der Waals surface area contributed by atoms with Gasteiger partial charge >= 0.3 is 0 Å². The highest BCUT2D eigenvalue weighted by molar-refractivity contribution is 7.93. The number of rotatable bonds is 5. The van der Waals surface area contributed by atoms with Crippen molar-refractivity contribution in [3.05, 3.63) is 23.8 Å². The van der Waals surface area contributed by atoms with Crippen LogP contribution in [0.4, 0.5) is 5.69 Å². The molecule has 2 N–H and O–H groups in total. The number of nitrogens with one attached hydrogen (secondary N) is 1. The molecule has 0 amide bonds. The quantitative estimate of drug-likeness (QED) is 0.831. The molecule has 0 radical (unpaired) electrons. The molecule has 0 aromatic heterocycles. The molecule has 0 aliphatic heterocycles. The molecule has 0 aliphatic rings. The van der Waals surface area contributed by atoms with Crippen molar-refractivity contribution in [2.24, 2.45) is 0 Å². The van der Waals surface area contributed by atoms with E-state index in [1.165, 1.54) is 6.92 Å². The van der Waals surface area contributed by atoms with Gasteiger partial charge in [0.1, 0.15) is 11.0 Å². The van der Waals surface area contributed by atoms with E-state index in [9.17, 15) is 8.42 Å². The van der Waals surface area contributed by atoms with E-state index in [-0.39, 0.29) is 0 Å². The molecule has 0 heterocycles. The lowest BCUT2D eigenvalue weighted by Crippen LogP contribution is -2.28. The predicted molar refractivity (Wildman–Crippen MR) is 66.8 cm³/mol. The van der Waals surface area contributed by atoms with E-state index in [1.54, 1.807) is 25.3 Å². The van der Waals surface area contributed by atoms with Gasteiger partial charge in [-0.15, -0.1) is 0 Å². The molecule has 0 aliphatic carbocycles. The average molecular weight is 259 g/mol. The monoisotopic (exact) mass is 259 g/mol. The van der Waals surface area contributed by atoms with Crippen molar-refractivity contribution < 1.29 is 18.3 Å². The lowest BCUT2D eigenvalue weighted by atomic mass is 10.2. The number of anilines is 1. The molecule has 6 heteroatoms. The van der Waals surface area contributed by atoms with E-state index < -0.39 is 21.9 Å². The number of ether oxygens (including phenoxy) is 1. The van der Waals surface area contributed by atoms with E-state index in [0.29, 0.717) is 11.4 Å². The third kappa shape index (κ3) is 3.34. The maximum Gasteiger partial charge on any atom is 0.237 e. The van der Waals surface area contributed by atoms with Crippen molar-refractivity contribution in [2.75, 3.05) is 18.4 Å². The second-order valence-electron chi connectivity index (χ2n) is 3.82. The molecule has 1 atom stereocenters. The Bertz CT molecular complexity index is 484. The first-order valence-electron chi connectivity index (χ1n) is 5.18. The summed E-state index contributed by atoms with van der Waals surface area (Å²) in [6.07, 6.45) is 0. The van der Waals surface area contributed by atoms with Crippen molar-refractivity contribution in [2.45, 2.75) is 19.1 Å². The van der Waals surface area contributed by atoms with Crippen molar-refractivity contribution in [1.29, 1.82) is 0 Å². The highest BCUT2D eigenvalue weighted by atomic mass is 32.2. The second kappa shape index (κ2) is 5.37. The zero-order chi connectivity index (χ0) is 13.1. The zero-order valence-corrected chi connectivity index (χ0v) is 10.9. The molecule has 0 spiro atoms. The fourth-order valence-corrected chi connectivity index (χ4v) is 2.16. The number of hydrogen-bond donors (Lipinski definition) is 2. The highest BCUT2D eigenvalue weighted by Gasteiger charge is 2.19. The van der Waals surface area contributed by atoms with Gasteiger partial charge < -0.3 is 9.84 Å². The third-order valence-electron chi connectivity index (χ3n) is 2.44. The maximum absolute atomic E-state index is 11.7. The van der Waals surface area contributed by atoms with Gasteiger partial charge in [0.2, 0.25) is 10.0 Å². The second-order valence-corrected chi connectivity index (χ2v) is 5.92. The smallest absolute Gasteiger partial charge is 0.237 e. The van der Waals surface area contributed by atoms with Gasteiger partial charge in [-0.2, -0.15) is 0 Å². The van der Waals surface area contributed by atoms with Crippen LogP contribution in [-0.2, 0) is 10.0 Å². The number of methoxy groups -OCH3 is 1. The van der Waals surface area contributed by atoms with Gasteiger partial charge in [-0.3, -0.25) is 4.72 Å². The number of aliphatic hydroxyl groups excluding tert-OH is 1. The first-order chi connectivity index (χ1) is 7.90. The maximum atomic E-state index is 11.7. The fraction of sp³-hybridized carbons (Fsp3) is 0.455. The van der Waals surface area contributed by atoms with Crippen molar-refractivity contribution in [3.63, 3.8) is 0 Å². The Morgan fingerprint density at radius 3 is 2.59 bits per heavy atom. The number of sulfonamides is 1. The van der Waals surface area contributed by atoms with Crippen molar-refractivity contribution in [1.82, 2.24) is 0 Å². The summed E-state index contributed by atoms with van der Waals surface area (Å²) in [5.74, 6) is 0.697. The van der Waals surface area contributed by atoms with Gasteiger partial charge in [-0.05, 0) is 37.6 Å². The lowest BCUT2D eigenvalue weighted by Gasteiger charge is -2.13. The fourth-order valence-electron chi connectivity index (χ4n) is 1.30. The van der Waals surface area contributed by atoms with Crippen LogP contribution in [-0.4, -0.2) is 32.5 Å². The minimum atomic E-state index is -3.54. The highest BCUT2D eigenvalue weighted by Crippen LogP contribution is 2.22. The van der Waals surface area contributed by atoms with E-state index in [0.717, 1.165) is 5.56 Å². The summed E-state index contributed by atoms with van der Waals surface area (Å²) in [5, 5.41) is 8.00. The molecule has 1 unspecified atom stereocenters. The molecule has 0 saturated carbocycles. The standard InChI is InChI=1S/C11H17NO4S/c1-8-6-10(4-5-11(8)16-3)12-17(14,15)9(2)7-13/h4-6,9,12-13H,7H2,1-3H3. The third-order valence-corrected chi connectivity index (χ3v) is 4.17. The van der Waals surface area contributed by atoms with Gasteiger partial charge in [-0.1, -0.05) is 0 Å². The van der Waals surface area contributed by atoms with Crippen LogP contribution in [0, 0.1) is 6.92 Å². The number of hydrogen-bond acceptors (Lipinski definition) is 4. The Morgan fingerprint density at radius 1 is 1.47 bits per heavy atom. The van der Waals surface area contributed by atoms with Crippen molar-refractivity contribution in [3.8, 4) is 5.75 Å². The Morgan fingerprint density at radius 2 is 2.12 bits per heavy atom. The van der Waals surface area contributed by atoms with Crippen LogP contribution >= 0.6 is 0 Å². The zero-order valence-electron chi connectivity index (χ0n) is 10.1. The molecule has 1 rings (SSSR count). The Hall–Kier alpha value is -1.27. The summed E-state index contributed by atoms with van der Waals surface area (Å²) >= 11 is 0. The Labute approximate surface area is 101 Å². The topological polar surface area (TPSA) is 75.6 Å². The van der Waals surface area contributed by atoms with Gasteiger partial charge in [0.05, 0.1) is 13.7 Å². The molecular weight excluding hydrogens is 242 g/mol. The normalized spacial score (nSPS) is 13.2. The molecule has 1 aromatic rings. The summed E-state index contributed by atoms with van der Waals surface area (Å²) in [6, 6.07) is 4.99. The molecule has 0 fully saturated rings. The molecule has 0 bridgehead atoms. The molecule has 0 saturated heterocycles. The van der Waals surface area contributed by atoms with Crippen LogP contribution in [0.3, 0.4) is 0 Å². The van der Waals surface area contributed by atoms with Crippen molar-refractivity contribution >= 4 is 15.7 Å². The minimum Gasteiger partial charge on any atom is -0.496 e. The van der Waals surface area contributed by atoms with Gasteiger partial charge in [-0.25, -0.2) is 8.42 Å². The molecule has 17 heavy (non-hydrogen) atoms. The minimum absolute atomic E-state index is 0.412. The average Bonchev–Trinajstić information content (AvgIpc) is 2.27. The van der Waals surface area contributed by atoms with E-state index in [2.05, 4.69) is 4.72 Å². The van der Waals surface area contributed by atoms with Crippen LogP contribution in [0.1, 0.15) is 12.5 Å². The van der Waals surface area contributed by atoms with Crippen LogP contribution < -0.4 is 9.46 Å². The molecule has 96 valence electrons. The summed E-state index contributed by atoms with van der Waals surface area (Å²) in [4.78, 5) is 0. The molecule has 5 nitrogen and oxygen atoms in total. The molecule has 1 aromatic carbocycles. The Balaban J connectivity index is 2.93. The first kappa shape index (κ1) is 13.8. The van der Waals surface area contributed by atoms with Gasteiger partial charge in [0.25, 0.3) is 0 Å². The van der Waals surface area contributed by atoms with E-state index in [4.69, 9.17) is 9.84 Å². The largest absolute Gasteiger partial charge is 0.496 e. The summed E-state index contributed by atoms with van der Waals surface area (Å²) in [7, 11) is -1.98. The van der Waals surface area contributed by atoms with E-state index in [1.807, 2.05) is 6.92 Å². The lowest BCUT2D eigenvalue weighted by molar-refractivity contribution is 0.296. The summed E-state index contributed by atoms with van der Waals surface area (Å²) in [6.45, 7) is 2.86. The number of benzene rings is 1. The number of aliphatic hydroxyl groups is 1. The summed E-state index contributed by atoms with van der Waals surface area (Å²) in [5.41, 5.74) is 1.30. The first-order valence-corrected chi connectivity index (χ1v) is 6.72. The van der Waals surface area contributed by atoms with Crippen LogP contribution in [0.15, 0.2) is 18.2 Å². The van der Waals surface area contributed by atoms with Crippen LogP contribution in [0.2, 0.25) is 0 Å². The van der Waals surface area contributed by atoms with Crippen LogP contribution in [0.5, 0.6) is 5.75 Å². The Kier molecular flexibility index (Phi) is 4.36.